The summed E-state index contributed by atoms with van der Waals surface area (Å²) in [5.74, 6) is 0.705. The van der Waals surface area contributed by atoms with E-state index < -0.39 is 0 Å². The molecular weight excluding hydrogens is 408 g/mol. The minimum absolute atomic E-state index is 0.705. The van der Waals surface area contributed by atoms with E-state index in [0.717, 1.165) is 32.6 Å². The van der Waals surface area contributed by atoms with Gasteiger partial charge in [0.1, 0.15) is 0 Å². The number of benzene rings is 3. The third kappa shape index (κ3) is 3.69. The van der Waals surface area contributed by atoms with E-state index in [4.69, 9.17) is 21.6 Å². The van der Waals surface area contributed by atoms with Crippen molar-refractivity contribution in [1.82, 2.24) is 9.97 Å². The molecule has 0 saturated heterocycles. The summed E-state index contributed by atoms with van der Waals surface area (Å²) < 4.78 is 1.04. The van der Waals surface area contributed by atoms with Crippen molar-refractivity contribution in [3.63, 3.8) is 0 Å². The van der Waals surface area contributed by atoms with Gasteiger partial charge in [0.2, 0.25) is 0 Å². The Hall–Kier alpha value is -2.49. The van der Waals surface area contributed by atoms with Crippen LogP contribution in [0.5, 0.6) is 0 Å². The summed E-state index contributed by atoms with van der Waals surface area (Å²) in [5, 5.41) is 0.708. The van der Waals surface area contributed by atoms with Crippen LogP contribution in [0.25, 0.3) is 33.9 Å². The van der Waals surface area contributed by atoms with Crippen LogP contribution in [0.1, 0.15) is 0 Å². The number of aromatic nitrogens is 2. The summed E-state index contributed by atoms with van der Waals surface area (Å²) in [6, 6.07) is 27.9. The molecule has 3 aromatic carbocycles. The lowest BCUT2D eigenvalue weighted by Crippen LogP contribution is -1.95. The molecule has 4 aromatic rings. The molecule has 0 radical (unpaired) electrons. The van der Waals surface area contributed by atoms with Gasteiger partial charge in [-0.05, 0) is 30.3 Å². The molecule has 2 nitrogen and oxygen atoms in total. The third-order valence-electron chi connectivity index (χ3n) is 4.04. The molecule has 0 N–H and O–H groups in total. The minimum atomic E-state index is 0.705. The van der Waals surface area contributed by atoms with Crippen LogP contribution in [0.4, 0.5) is 0 Å². The van der Waals surface area contributed by atoms with Crippen LogP contribution in [0.15, 0.2) is 89.4 Å². The summed E-state index contributed by atoms with van der Waals surface area (Å²) in [7, 11) is 0. The van der Waals surface area contributed by atoms with Gasteiger partial charge in [-0.25, -0.2) is 9.97 Å². The number of rotatable bonds is 3. The molecule has 0 aliphatic rings. The first-order chi connectivity index (χ1) is 12.7. The quantitative estimate of drug-likeness (QED) is 0.360. The first kappa shape index (κ1) is 17.0. The molecule has 126 valence electrons. The molecule has 0 unspecified atom stereocenters. The maximum absolute atomic E-state index is 6.03. The van der Waals surface area contributed by atoms with E-state index in [1.165, 1.54) is 0 Å². The number of nitrogens with zero attached hydrogens (tertiary/aromatic N) is 2. The Morgan fingerprint density at radius 3 is 1.73 bits per heavy atom. The smallest absolute Gasteiger partial charge is 0.160 e. The number of hydrogen-bond acceptors (Lipinski definition) is 2. The summed E-state index contributed by atoms with van der Waals surface area (Å²) in [4.78, 5) is 9.58. The van der Waals surface area contributed by atoms with Gasteiger partial charge in [0.05, 0.1) is 11.4 Å². The molecule has 0 fully saturated rings. The predicted octanol–water partition coefficient (Wildman–Crippen LogP) is 6.89. The average Bonchev–Trinajstić information content (AvgIpc) is 2.69. The molecule has 0 aliphatic heterocycles. The maximum atomic E-state index is 6.03. The third-order valence-corrected chi connectivity index (χ3v) is 4.82. The van der Waals surface area contributed by atoms with Crippen LogP contribution in [0.3, 0.4) is 0 Å². The number of halogens is 2. The molecule has 4 heteroatoms. The summed E-state index contributed by atoms with van der Waals surface area (Å²) in [6.45, 7) is 0. The van der Waals surface area contributed by atoms with Crippen molar-refractivity contribution < 1.29 is 0 Å². The monoisotopic (exact) mass is 420 g/mol. The predicted molar refractivity (Wildman–Crippen MR) is 111 cm³/mol. The lowest BCUT2D eigenvalue weighted by atomic mass is 10.1. The molecule has 0 bridgehead atoms. The van der Waals surface area contributed by atoms with Crippen molar-refractivity contribution in [3.05, 3.63) is 94.4 Å². The van der Waals surface area contributed by atoms with E-state index in [1.807, 2.05) is 84.9 Å². The first-order valence-corrected chi connectivity index (χ1v) is 9.32. The van der Waals surface area contributed by atoms with Crippen molar-refractivity contribution in [3.8, 4) is 33.9 Å². The highest BCUT2D eigenvalue weighted by molar-refractivity contribution is 9.10. The maximum Gasteiger partial charge on any atom is 0.160 e. The van der Waals surface area contributed by atoms with Crippen LogP contribution in [0.2, 0.25) is 5.02 Å². The van der Waals surface area contributed by atoms with Gasteiger partial charge in [-0.15, -0.1) is 0 Å². The van der Waals surface area contributed by atoms with Gasteiger partial charge in [-0.1, -0.05) is 82.1 Å². The second kappa shape index (κ2) is 7.40. The van der Waals surface area contributed by atoms with Gasteiger partial charge in [-0.3, -0.25) is 0 Å². The van der Waals surface area contributed by atoms with E-state index in [-0.39, 0.29) is 0 Å². The average molecular weight is 422 g/mol. The van der Waals surface area contributed by atoms with Crippen molar-refractivity contribution in [1.29, 1.82) is 0 Å². The molecule has 0 spiro atoms. The van der Waals surface area contributed by atoms with Crippen molar-refractivity contribution in [2.45, 2.75) is 0 Å². The van der Waals surface area contributed by atoms with Crippen molar-refractivity contribution in [2.24, 2.45) is 0 Å². The normalized spacial score (nSPS) is 10.7. The van der Waals surface area contributed by atoms with Gasteiger partial charge in [0.25, 0.3) is 0 Å². The highest BCUT2D eigenvalue weighted by Crippen LogP contribution is 2.28. The molecule has 1 aromatic heterocycles. The summed E-state index contributed by atoms with van der Waals surface area (Å²) >= 11 is 9.51. The fourth-order valence-corrected chi connectivity index (χ4v) is 3.09. The fraction of sp³-hybridized carbons (Fsp3) is 0. The second-order valence-corrected chi connectivity index (χ2v) is 7.19. The standard InChI is InChI=1S/C22H14BrClN2/c23-18-10-6-15(7-11-18)20-14-21(16-8-12-19(24)13-9-16)26-22(25-20)17-4-2-1-3-5-17/h1-14H. The second-order valence-electron chi connectivity index (χ2n) is 5.84. The van der Waals surface area contributed by atoms with Crippen LogP contribution < -0.4 is 0 Å². The molecule has 1 heterocycles. The van der Waals surface area contributed by atoms with Crippen LogP contribution in [0, 0.1) is 0 Å². The fourth-order valence-electron chi connectivity index (χ4n) is 2.70. The zero-order valence-corrected chi connectivity index (χ0v) is 16.1. The van der Waals surface area contributed by atoms with Crippen molar-refractivity contribution >= 4 is 27.5 Å². The van der Waals surface area contributed by atoms with Crippen LogP contribution in [-0.4, -0.2) is 9.97 Å². The molecule has 0 atom stereocenters. The lowest BCUT2D eigenvalue weighted by molar-refractivity contribution is 1.18. The van der Waals surface area contributed by atoms with Gasteiger partial charge in [0.15, 0.2) is 5.82 Å². The van der Waals surface area contributed by atoms with E-state index in [2.05, 4.69) is 15.9 Å². The zero-order chi connectivity index (χ0) is 17.9. The summed E-state index contributed by atoms with van der Waals surface area (Å²) in [5.41, 5.74) is 4.79. The Kier molecular flexibility index (Phi) is 4.83. The lowest BCUT2D eigenvalue weighted by Gasteiger charge is -2.09. The van der Waals surface area contributed by atoms with E-state index in [9.17, 15) is 0 Å². The van der Waals surface area contributed by atoms with Gasteiger partial charge in [-0.2, -0.15) is 0 Å². The SMILES string of the molecule is Clc1ccc(-c2cc(-c3ccc(Br)cc3)nc(-c3ccccc3)n2)cc1. The Balaban J connectivity index is 1.89. The Labute approximate surface area is 165 Å². The highest BCUT2D eigenvalue weighted by atomic mass is 79.9. The molecule has 0 amide bonds. The zero-order valence-electron chi connectivity index (χ0n) is 13.7. The Morgan fingerprint density at radius 1 is 0.615 bits per heavy atom. The van der Waals surface area contributed by atoms with E-state index >= 15 is 0 Å². The van der Waals surface area contributed by atoms with E-state index in [0.29, 0.717) is 10.8 Å². The molecule has 0 saturated carbocycles. The van der Waals surface area contributed by atoms with Gasteiger partial charge >= 0.3 is 0 Å². The van der Waals surface area contributed by atoms with Crippen LogP contribution in [-0.2, 0) is 0 Å². The van der Waals surface area contributed by atoms with Gasteiger partial charge < -0.3 is 0 Å². The first-order valence-electron chi connectivity index (χ1n) is 8.15. The highest BCUT2D eigenvalue weighted by Gasteiger charge is 2.10. The molecule has 0 aliphatic carbocycles. The largest absolute Gasteiger partial charge is 0.228 e. The van der Waals surface area contributed by atoms with Crippen molar-refractivity contribution in [2.75, 3.05) is 0 Å². The molecule has 4 rings (SSSR count). The molecule has 26 heavy (non-hydrogen) atoms. The van der Waals surface area contributed by atoms with E-state index in [1.54, 1.807) is 0 Å². The number of hydrogen-bond donors (Lipinski definition) is 0. The molecular formula is C22H14BrClN2. The Bertz CT molecular complexity index is 966. The van der Waals surface area contributed by atoms with Gasteiger partial charge in [0, 0.05) is 26.2 Å². The summed E-state index contributed by atoms with van der Waals surface area (Å²) in [6.07, 6.45) is 0. The van der Waals surface area contributed by atoms with Crippen LogP contribution >= 0.6 is 27.5 Å². The topological polar surface area (TPSA) is 25.8 Å². The Morgan fingerprint density at radius 2 is 1.15 bits per heavy atom. The minimum Gasteiger partial charge on any atom is -0.228 e.